The van der Waals surface area contributed by atoms with Gasteiger partial charge in [-0.05, 0) is 30.4 Å². The molecule has 0 unspecified atom stereocenters. The number of anilines is 1. The quantitative estimate of drug-likeness (QED) is 0.823. The molecule has 2 rings (SSSR count). The van der Waals surface area contributed by atoms with Crippen LogP contribution in [0.4, 0.5) is 5.69 Å². The van der Waals surface area contributed by atoms with Gasteiger partial charge in [0.15, 0.2) is 0 Å². The lowest BCUT2D eigenvalue weighted by atomic mass is 10.1. The molecule has 1 fully saturated rings. The van der Waals surface area contributed by atoms with Gasteiger partial charge in [-0.1, -0.05) is 0 Å². The molecule has 1 aliphatic rings. The molecule has 0 radical (unpaired) electrons. The van der Waals surface area contributed by atoms with Gasteiger partial charge in [0, 0.05) is 17.8 Å². The summed E-state index contributed by atoms with van der Waals surface area (Å²) in [6.45, 7) is 0.0757. The molecule has 1 saturated heterocycles. The van der Waals surface area contributed by atoms with Gasteiger partial charge < -0.3 is 10.4 Å². The predicted octanol–water partition coefficient (Wildman–Crippen LogP) is 1.88. The zero-order valence-electron chi connectivity index (χ0n) is 8.65. The predicted molar refractivity (Wildman–Crippen MR) is 64.1 cm³/mol. The third kappa shape index (κ3) is 2.86. The highest BCUT2D eigenvalue weighted by Crippen LogP contribution is 2.22. The number of pyridine rings is 1. The summed E-state index contributed by atoms with van der Waals surface area (Å²) in [4.78, 5) is 4.08. The van der Waals surface area contributed by atoms with Crippen molar-refractivity contribution in [2.75, 3.05) is 16.8 Å². The maximum Gasteiger partial charge on any atom is 0.0703 e. The fraction of sp³-hybridized carbons (Fsp3) is 0.545. The van der Waals surface area contributed by atoms with E-state index >= 15 is 0 Å². The van der Waals surface area contributed by atoms with Crippen LogP contribution in [0.5, 0.6) is 0 Å². The Morgan fingerprint density at radius 3 is 3.00 bits per heavy atom. The van der Waals surface area contributed by atoms with Crippen molar-refractivity contribution in [2.45, 2.75) is 25.5 Å². The zero-order chi connectivity index (χ0) is 10.5. The molecule has 0 spiro atoms. The minimum absolute atomic E-state index is 0.0757. The third-order valence-corrected chi connectivity index (χ3v) is 3.71. The van der Waals surface area contributed by atoms with Gasteiger partial charge in [-0.2, -0.15) is 11.8 Å². The fourth-order valence-electron chi connectivity index (χ4n) is 1.75. The topological polar surface area (TPSA) is 45.2 Å². The first-order valence-electron chi connectivity index (χ1n) is 5.28. The normalized spacial score (nSPS) is 17.7. The average Bonchev–Trinajstić information content (AvgIpc) is 2.31. The largest absolute Gasteiger partial charge is 0.392 e. The van der Waals surface area contributed by atoms with Crippen LogP contribution < -0.4 is 5.32 Å². The van der Waals surface area contributed by atoms with E-state index in [4.69, 9.17) is 0 Å². The van der Waals surface area contributed by atoms with E-state index in [1.54, 1.807) is 12.4 Å². The third-order valence-electron chi connectivity index (χ3n) is 2.66. The minimum Gasteiger partial charge on any atom is -0.392 e. The molecule has 15 heavy (non-hydrogen) atoms. The van der Waals surface area contributed by atoms with Crippen molar-refractivity contribution >= 4 is 17.4 Å². The second-order valence-electron chi connectivity index (χ2n) is 3.72. The van der Waals surface area contributed by atoms with Crippen molar-refractivity contribution in [3.63, 3.8) is 0 Å². The highest BCUT2D eigenvalue weighted by atomic mass is 32.2. The number of aromatic nitrogens is 1. The summed E-state index contributed by atoms with van der Waals surface area (Å²) >= 11 is 2.01. The second kappa shape index (κ2) is 5.37. The van der Waals surface area contributed by atoms with Crippen molar-refractivity contribution < 1.29 is 5.11 Å². The van der Waals surface area contributed by atoms with Crippen molar-refractivity contribution in [1.82, 2.24) is 4.98 Å². The number of thioether (sulfide) groups is 1. The van der Waals surface area contributed by atoms with Gasteiger partial charge in [0.05, 0.1) is 18.5 Å². The maximum absolute atomic E-state index is 9.18. The number of hydrogen-bond acceptors (Lipinski definition) is 4. The van der Waals surface area contributed by atoms with Crippen LogP contribution in [0.2, 0.25) is 0 Å². The number of nitrogens with one attached hydrogen (secondary N) is 1. The van der Waals surface area contributed by atoms with Gasteiger partial charge >= 0.3 is 0 Å². The molecule has 1 aromatic heterocycles. The zero-order valence-corrected chi connectivity index (χ0v) is 9.46. The molecule has 2 heterocycles. The molecule has 0 atom stereocenters. The molecule has 0 amide bonds. The van der Waals surface area contributed by atoms with Crippen LogP contribution in [0.1, 0.15) is 18.4 Å². The first kappa shape index (κ1) is 10.8. The summed E-state index contributed by atoms with van der Waals surface area (Å²) in [7, 11) is 0. The van der Waals surface area contributed by atoms with E-state index in [9.17, 15) is 5.11 Å². The van der Waals surface area contributed by atoms with Crippen LogP contribution in [0.15, 0.2) is 18.5 Å². The fourth-order valence-corrected chi connectivity index (χ4v) is 2.86. The lowest BCUT2D eigenvalue weighted by molar-refractivity contribution is 0.282. The Bertz CT molecular complexity index is 313. The summed E-state index contributed by atoms with van der Waals surface area (Å²) in [5.41, 5.74) is 1.92. The molecular formula is C11H16N2OS. The first-order valence-corrected chi connectivity index (χ1v) is 6.43. The molecule has 1 aliphatic heterocycles. The summed E-state index contributed by atoms with van der Waals surface area (Å²) in [5, 5.41) is 12.6. The Kier molecular flexibility index (Phi) is 3.86. The summed E-state index contributed by atoms with van der Waals surface area (Å²) < 4.78 is 0. The molecule has 3 nitrogen and oxygen atoms in total. The van der Waals surface area contributed by atoms with Crippen molar-refractivity contribution in [3.05, 3.63) is 24.0 Å². The number of aliphatic hydroxyl groups is 1. The van der Waals surface area contributed by atoms with E-state index in [2.05, 4.69) is 10.3 Å². The minimum atomic E-state index is 0.0757. The second-order valence-corrected chi connectivity index (χ2v) is 4.95. The van der Waals surface area contributed by atoms with Crippen LogP contribution in [-0.2, 0) is 6.61 Å². The van der Waals surface area contributed by atoms with Gasteiger partial charge in [-0.25, -0.2) is 0 Å². The Hall–Kier alpha value is -0.740. The van der Waals surface area contributed by atoms with Crippen LogP contribution in [-0.4, -0.2) is 27.6 Å². The summed E-state index contributed by atoms with van der Waals surface area (Å²) in [5.74, 6) is 2.46. The van der Waals surface area contributed by atoms with E-state index < -0.39 is 0 Å². The van der Waals surface area contributed by atoms with E-state index in [-0.39, 0.29) is 6.61 Å². The Labute approximate surface area is 94.3 Å². The highest BCUT2D eigenvalue weighted by molar-refractivity contribution is 7.99. The maximum atomic E-state index is 9.18. The number of rotatable bonds is 3. The lowest BCUT2D eigenvalue weighted by Gasteiger charge is -2.24. The van der Waals surface area contributed by atoms with E-state index in [0.29, 0.717) is 6.04 Å². The molecule has 0 bridgehead atoms. The standard InChI is InChI=1S/C11H16N2OS/c14-8-9-1-4-12-7-11(9)13-10-2-5-15-6-3-10/h1,4,7,10,13-14H,2-3,5-6,8H2. The molecule has 4 heteroatoms. The number of aliphatic hydroxyl groups excluding tert-OH is 1. The van der Waals surface area contributed by atoms with Crippen LogP contribution in [0.25, 0.3) is 0 Å². The van der Waals surface area contributed by atoms with Gasteiger partial charge in [0.25, 0.3) is 0 Å². The van der Waals surface area contributed by atoms with Crippen LogP contribution >= 0.6 is 11.8 Å². The molecule has 0 aliphatic carbocycles. The van der Waals surface area contributed by atoms with Crippen molar-refractivity contribution in [3.8, 4) is 0 Å². The number of nitrogens with zero attached hydrogens (tertiary/aromatic N) is 1. The monoisotopic (exact) mass is 224 g/mol. The summed E-state index contributed by atoms with van der Waals surface area (Å²) in [6.07, 6.45) is 5.91. The van der Waals surface area contributed by atoms with E-state index in [1.165, 1.54) is 24.3 Å². The molecule has 0 aromatic carbocycles. The van der Waals surface area contributed by atoms with Gasteiger partial charge in [0.1, 0.15) is 0 Å². The van der Waals surface area contributed by atoms with Crippen molar-refractivity contribution in [2.24, 2.45) is 0 Å². The lowest BCUT2D eigenvalue weighted by Crippen LogP contribution is -2.25. The highest BCUT2D eigenvalue weighted by Gasteiger charge is 2.14. The molecule has 1 aromatic rings. The number of hydrogen-bond donors (Lipinski definition) is 2. The average molecular weight is 224 g/mol. The van der Waals surface area contributed by atoms with Gasteiger partial charge in [0.2, 0.25) is 0 Å². The molecule has 82 valence electrons. The molecular weight excluding hydrogens is 208 g/mol. The van der Waals surface area contributed by atoms with Gasteiger partial charge in [-0.15, -0.1) is 0 Å². The van der Waals surface area contributed by atoms with Crippen molar-refractivity contribution in [1.29, 1.82) is 0 Å². The summed E-state index contributed by atoms with van der Waals surface area (Å²) in [6, 6.07) is 2.40. The van der Waals surface area contributed by atoms with Gasteiger partial charge in [-0.3, -0.25) is 4.98 Å². The van der Waals surface area contributed by atoms with E-state index in [1.807, 2.05) is 17.8 Å². The van der Waals surface area contributed by atoms with E-state index in [0.717, 1.165) is 11.3 Å². The molecule has 2 N–H and O–H groups in total. The van der Waals surface area contributed by atoms with Crippen LogP contribution in [0, 0.1) is 0 Å². The smallest absolute Gasteiger partial charge is 0.0703 e. The molecule has 0 saturated carbocycles. The first-order chi connectivity index (χ1) is 7.40. The Balaban J connectivity index is 2.02. The Morgan fingerprint density at radius 1 is 1.47 bits per heavy atom. The Morgan fingerprint density at radius 2 is 2.27 bits per heavy atom. The SMILES string of the molecule is OCc1ccncc1NC1CCSCC1. The van der Waals surface area contributed by atoms with Crippen LogP contribution in [0.3, 0.4) is 0 Å².